The van der Waals surface area contributed by atoms with Crippen molar-refractivity contribution in [1.82, 2.24) is 20.1 Å². The van der Waals surface area contributed by atoms with Crippen LogP contribution >= 0.6 is 0 Å². The lowest BCUT2D eigenvalue weighted by atomic mass is 9.83. The Morgan fingerprint density at radius 3 is 2.10 bits per heavy atom. The Morgan fingerprint density at radius 2 is 1.42 bits per heavy atom. The second-order valence-corrected chi connectivity index (χ2v) is 18.4. The van der Waals surface area contributed by atoms with Crippen LogP contribution in [0.25, 0.3) is 0 Å². The summed E-state index contributed by atoms with van der Waals surface area (Å²) >= 11 is 0. The van der Waals surface area contributed by atoms with Crippen LogP contribution in [0.1, 0.15) is 104 Å². The van der Waals surface area contributed by atoms with Crippen molar-refractivity contribution >= 4 is 44.4 Å². The summed E-state index contributed by atoms with van der Waals surface area (Å²) in [5, 5.41) is 12.5. The first-order chi connectivity index (χ1) is 23.8. The van der Waals surface area contributed by atoms with Crippen LogP contribution in [0.5, 0.6) is 0 Å². The number of benzene rings is 2. The molecule has 4 aliphatic rings. The van der Waals surface area contributed by atoms with Crippen LogP contribution in [0.4, 0.5) is 21.0 Å². The fourth-order valence-electron chi connectivity index (χ4n) is 8.56. The van der Waals surface area contributed by atoms with E-state index in [1.54, 1.807) is 0 Å². The van der Waals surface area contributed by atoms with Gasteiger partial charge in [0.1, 0.15) is 11.0 Å². The molecule has 0 spiro atoms. The number of hydrogen-bond donors (Lipinski definition) is 6. The molecule has 4 atom stereocenters. The first-order valence-corrected chi connectivity index (χ1v) is 21.3. The Balaban J connectivity index is 1.21. The Hall–Kier alpha value is -3.00. The van der Waals surface area contributed by atoms with Crippen molar-refractivity contribution in [1.29, 1.82) is 0 Å². The van der Waals surface area contributed by atoms with Crippen molar-refractivity contribution in [3.63, 3.8) is 0 Å². The predicted octanol–water partition coefficient (Wildman–Crippen LogP) is 4.93. The minimum Gasteiger partial charge on any atom is -0.314 e. The van der Waals surface area contributed by atoms with Gasteiger partial charge in [-0.15, -0.1) is 0 Å². The van der Waals surface area contributed by atoms with Gasteiger partial charge in [-0.2, -0.15) is 0 Å². The van der Waals surface area contributed by atoms with Gasteiger partial charge >= 0.3 is 12.1 Å². The zero-order chi connectivity index (χ0) is 35.7. The molecule has 11 nitrogen and oxygen atoms in total. The van der Waals surface area contributed by atoms with Crippen molar-refractivity contribution in [2.45, 2.75) is 117 Å². The summed E-state index contributed by atoms with van der Waals surface area (Å²) in [4.78, 5) is 26.5. The topological polar surface area (TPSA) is 158 Å². The summed E-state index contributed by atoms with van der Waals surface area (Å²) in [6, 6.07) is 3.90. The lowest BCUT2D eigenvalue weighted by molar-refractivity contribution is 0.255. The minimum absolute atomic E-state index is 0.142. The molecule has 50 heavy (non-hydrogen) atoms. The van der Waals surface area contributed by atoms with Gasteiger partial charge in [-0.25, -0.2) is 26.9 Å². The number of rotatable bonds is 13. The molecule has 13 heteroatoms. The fourth-order valence-corrected chi connectivity index (χ4v) is 10.7. The maximum atomic E-state index is 13.3. The quantitative estimate of drug-likeness (QED) is 0.171. The zero-order valence-electron chi connectivity index (χ0n) is 30.1. The van der Waals surface area contributed by atoms with E-state index in [2.05, 4.69) is 42.8 Å². The van der Waals surface area contributed by atoms with Crippen molar-refractivity contribution < 1.29 is 22.2 Å². The standard InChI is InChI=1S/C37H54N6O5S2/c1-21(2)38-18-23(5)19-50(47,48)43-37(45)40-34-30-10-6-9-25(30)15-27-16-28(17-32(27)34)29-13-12-26-14-24-8-7-11-31(24)35(33(26)29)41-36(44)42-49(46)20-39-22(3)4/h14-15,21-23,28-29,38-39H,6-13,16-20H2,1-5H3,(H2,40,43,45)(H2,41,42,44). The predicted molar refractivity (Wildman–Crippen MR) is 201 cm³/mol. The molecule has 0 bridgehead atoms. The van der Waals surface area contributed by atoms with Crippen molar-refractivity contribution in [2.24, 2.45) is 11.8 Å². The monoisotopic (exact) mass is 726 g/mol. The van der Waals surface area contributed by atoms with E-state index in [4.69, 9.17) is 0 Å². The van der Waals surface area contributed by atoms with Gasteiger partial charge in [0.2, 0.25) is 10.0 Å². The van der Waals surface area contributed by atoms with E-state index < -0.39 is 33.1 Å². The summed E-state index contributed by atoms with van der Waals surface area (Å²) in [7, 11) is -5.39. The summed E-state index contributed by atoms with van der Waals surface area (Å²) in [5.74, 6) is 0.362. The first kappa shape index (κ1) is 36.8. The molecule has 2 aromatic rings. The summed E-state index contributed by atoms with van der Waals surface area (Å²) < 4.78 is 43.4. The van der Waals surface area contributed by atoms with Crippen molar-refractivity contribution in [2.75, 3.05) is 28.8 Å². The highest BCUT2D eigenvalue weighted by Crippen LogP contribution is 2.51. The second-order valence-electron chi connectivity index (χ2n) is 15.4. The smallest absolute Gasteiger partial charge is 0.314 e. The summed E-state index contributed by atoms with van der Waals surface area (Å²) in [5.41, 5.74) is 11.3. The Morgan fingerprint density at radius 1 is 0.780 bits per heavy atom. The third kappa shape index (κ3) is 8.37. The van der Waals surface area contributed by atoms with Gasteiger partial charge < -0.3 is 21.3 Å². The number of carbonyl (C=O) groups is 2. The van der Waals surface area contributed by atoms with Gasteiger partial charge in [0.05, 0.1) is 11.6 Å². The van der Waals surface area contributed by atoms with Crippen LogP contribution in [-0.4, -0.2) is 54.9 Å². The average Bonchev–Trinajstić information content (AvgIpc) is 3.84. The van der Waals surface area contributed by atoms with Crippen LogP contribution in [0, 0.1) is 11.8 Å². The van der Waals surface area contributed by atoms with Crippen LogP contribution in [0.15, 0.2) is 12.1 Å². The number of hydrogen-bond acceptors (Lipinski definition) is 7. The van der Waals surface area contributed by atoms with E-state index in [-0.39, 0.29) is 41.5 Å². The molecule has 274 valence electrons. The first-order valence-electron chi connectivity index (χ1n) is 18.4. The maximum Gasteiger partial charge on any atom is 0.332 e. The van der Waals surface area contributed by atoms with Crippen molar-refractivity contribution in [3.05, 3.63) is 56.6 Å². The van der Waals surface area contributed by atoms with Gasteiger partial charge in [0.15, 0.2) is 0 Å². The number of carbonyl (C=O) groups excluding carboxylic acids is 2. The highest BCUT2D eigenvalue weighted by Gasteiger charge is 2.40. The molecule has 6 rings (SSSR count). The number of aryl methyl sites for hydroxylation is 3. The molecule has 2 aromatic carbocycles. The number of urea groups is 2. The number of nitrogens with one attached hydrogen (secondary N) is 6. The Kier molecular flexibility index (Phi) is 11.3. The van der Waals surface area contributed by atoms with Crippen LogP contribution in [0.3, 0.4) is 0 Å². The van der Waals surface area contributed by atoms with E-state index in [0.29, 0.717) is 6.54 Å². The lowest BCUT2D eigenvalue weighted by Crippen LogP contribution is -2.39. The average molecular weight is 727 g/mol. The second kappa shape index (κ2) is 15.3. The fraction of sp³-hybridized carbons (Fsp3) is 0.622. The highest BCUT2D eigenvalue weighted by molar-refractivity contribution is 7.90. The summed E-state index contributed by atoms with van der Waals surface area (Å²) in [6.07, 6.45) is 9.28. The molecular weight excluding hydrogens is 673 g/mol. The molecule has 0 aromatic heterocycles. The molecule has 0 aliphatic heterocycles. The summed E-state index contributed by atoms with van der Waals surface area (Å²) in [6.45, 7) is 10.4. The van der Waals surface area contributed by atoms with E-state index in [1.165, 1.54) is 33.4 Å². The molecule has 4 unspecified atom stereocenters. The third-order valence-corrected chi connectivity index (χ3v) is 13.0. The minimum atomic E-state index is -3.83. The van der Waals surface area contributed by atoms with Crippen LogP contribution < -0.4 is 30.7 Å². The molecule has 0 radical (unpaired) electrons. The van der Waals surface area contributed by atoms with Gasteiger partial charge in [0, 0.05) is 23.5 Å². The molecule has 0 saturated carbocycles. The molecule has 0 fully saturated rings. The molecule has 0 saturated heterocycles. The lowest BCUT2D eigenvalue weighted by Gasteiger charge is -2.24. The number of sulfonamides is 1. The van der Waals surface area contributed by atoms with E-state index >= 15 is 0 Å². The number of anilines is 2. The molecule has 0 heterocycles. The van der Waals surface area contributed by atoms with Crippen LogP contribution in [-0.2, 0) is 66.0 Å². The number of fused-ring (bicyclic) bond motifs is 4. The Bertz CT molecular complexity index is 1780. The number of amides is 4. The van der Waals surface area contributed by atoms with Gasteiger partial charge in [-0.1, -0.05) is 46.8 Å². The Labute approximate surface area is 299 Å². The van der Waals surface area contributed by atoms with E-state index in [9.17, 15) is 22.2 Å². The maximum absolute atomic E-state index is 13.3. The molecular formula is C37H54N6O5S2. The van der Waals surface area contributed by atoms with Gasteiger partial charge in [0.25, 0.3) is 0 Å². The highest BCUT2D eigenvalue weighted by atomic mass is 32.2. The van der Waals surface area contributed by atoms with Gasteiger partial charge in [-0.3, -0.25) is 4.72 Å². The van der Waals surface area contributed by atoms with E-state index in [1.807, 2.05) is 34.6 Å². The SMILES string of the molecule is CC(CNC(C)C)CS(=O)(=O)NC(=O)Nc1c2c(cc3c1CC(C1CCc4cc5c(c(NC(=O)NS(=O)CNC(C)C)c41)CCC5)C3)CCC2. The van der Waals surface area contributed by atoms with Crippen LogP contribution in [0.2, 0.25) is 0 Å². The van der Waals surface area contributed by atoms with E-state index in [0.717, 1.165) is 86.7 Å². The zero-order valence-corrected chi connectivity index (χ0v) is 31.7. The largest absolute Gasteiger partial charge is 0.332 e. The normalized spacial score (nSPS) is 20.3. The van der Waals surface area contributed by atoms with Gasteiger partial charge in [-0.05, 0) is 133 Å². The molecule has 4 amide bonds. The third-order valence-electron chi connectivity index (χ3n) is 10.7. The molecule has 6 N–H and O–H groups in total. The van der Waals surface area contributed by atoms with Crippen molar-refractivity contribution in [3.8, 4) is 0 Å². The molecule has 4 aliphatic carbocycles.